The molecule has 1 heterocycles. The van der Waals surface area contributed by atoms with E-state index >= 15 is 0 Å². The number of carbonyl (C=O) groups is 2. The fraction of sp³-hybridized carbons (Fsp3) is 0.647. The molecule has 0 aromatic heterocycles. The van der Waals surface area contributed by atoms with Gasteiger partial charge in [0.25, 0.3) is 0 Å². The fourth-order valence-electron chi connectivity index (χ4n) is 3.85. The van der Waals surface area contributed by atoms with E-state index in [-0.39, 0.29) is 11.9 Å². The molecular formula is C17H24F2N2O3. The highest BCUT2D eigenvalue weighted by Gasteiger charge is 2.64. The number of aliphatic carboxylic acids is 1. The maximum absolute atomic E-state index is 13.3. The zero-order valence-corrected chi connectivity index (χ0v) is 13.7. The van der Waals surface area contributed by atoms with E-state index in [1.165, 1.54) is 0 Å². The molecule has 7 heteroatoms. The molecule has 5 nitrogen and oxygen atoms in total. The number of hydrogen-bond acceptors (Lipinski definition) is 2. The molecule has 1 aliphatic carbocycles. The van der Waals surface area contributed by atoms with Gasteiger partial charge in [0.05, 0.1) is 5.41 Å². The molecule has 2 amide bonds. The first kappa shape index (κ1) is 18.4. The van der Waals surface area contributed by atoms with E-state index in [0.717, 1.165) is 0 Å². The van der Waals surface area contributed by atoms with E-state index in [1.807, 2.05) is 0 Å². The first-order valence-electron chi connectivity index (χ1n) is 8.12. The average Bonchev–Trinajstić information content (AvgIpc) is 2.51. The van der Waals surface area contributed by atoms with Crippen molar-refractivity contribution < 1.29 is 23.5 Å². The molecule has 2 rings (SSSR count). The van der Waals surface area contributed by atoms with Crippen LogP contribution in [0.15, 0.2) is 25.3 Å². The third-order valence-corrected chi connectivity index (χ3v) is 5.09. The Hall–Kier alpha value is -1.92. The van der Waals surface area contributed by atoms with Crippen molar-refractivity contribution in [3.63, 3.8) is 0 Å². The lowest BCUT2D eigenvalue weighted by Crippen LogP contribution is -2.58. The average molecular weight is 342 g/mol. The number of carboxylic acids is 1. The van der Waals surface area contributed by atoms with Crippen LogP contribution >= 0.6 is 0 Å². The number of hydrogen-bond donors (Lipinski definition) is 1. The van der Waals surface area contributed by atoms with E-state index in [0.29, 0.717) is 39.0 Å². The number of likely N-dealkylation sites (tertiary alicyclic amines) is 1. The number of rotatable bonds is 6. The number of alkyl halides is 2. The summed E-state index contributed by atoms with van der Waals surface area (Å²) in [5.74, 6) is -4.33. The number of amides is 2. The van der Waals surface area contributed by atoms with Gasteiger partial charge in [-0.25, -0.2) is 13.6 Å². The van der Waals surface area contributed by atoms with Gasteiger partial charge in [0.15, 0.2) is 0 Å². The first-order chi connectivity index (χ1) is 11.3. The lowest BCUT2D eigenvalue weighted by Gasteiger charge is -2.51. The van der Waals surface area contributed by atoms with Crippen LogP contribution in [0.5, 0.6) is 0 Å². The van der Waals surface area contributed by atoms with Gasteiger partial charge in [0.1, 0.15) is 0 Å². The molecule has 0 atom stereocenters. The van der Waals surface area contributed by atoms with Crippen molar-refractivity contribution in [2.75, 3.05) is 26.2 Å². The van der Waals surface area contributed by atoms with Gasteiger partial charge in [0, 0.05) is 39.0 Å². The summed E-state index contributed by atoms with van der Waals surface area (Å²) in [7, 11) is 0. The number of piperidine rings is 1. The summed E-state index contributed by atoms with van der Waals surface area (Å²) < 4.78 is 26.6. The van der Waals surface area contributed by atoms with Gasteiger partial charge in [0.2, 0.25) is 5.92 Å². The Morgan fingerprint density at radius 2 is 1.67 bits per heavy atom. The molecule has 1 N–H and O–H groups in total. The van der Waals surface area contributed by atoms with Crippen LogP contribution in [-0.4, -0.2) is 59.0 Å². The zero-order valence-electron chi connectivity index (χ0n) is 13.7. The highest BCUT2D eigenvalue weighted by molar-refractivity contribution is 5.77. The second kappa shape index (κ2) is 6.91. The largest absolute Gasteiger partial charge is 0.481 e. The highest BCUT2D eigenvalue weighted by atomic mass is 19.3. The molecule has 0 aromatic rings. The van der Waals surface area contributed by atoms with Gasteiger partial charge in [-0.15, -0.1) is 13.2 Å². The summed E-state index contributed by atoms with van der Waals surface area (Å²) in [6, 6.07) is -0.156. The van der Waals surface area contributed by atoms with Crippen LogP contribution in [0.2, 0.25) is 0 Å². The van der Waals surface area contributed by atoms with Crippen LogP contribution in [0, 0.1) is 11.3 Å². The first-order valence-corrected chi connectivity index (χ1v) is 8.12. The molecule has 134 valence electrons. The Morgan fingerprint density at radius 1 is 1.17 bits per heavy atom. The van der Waals surface area contributed by atoms with Crippen molar-refractivity contribution in [2.45, 2.75) is 31.6 Å². The quantitative estimate of drug-likeness (QED) is 0.755. The topological polar surface area (TPSA) is 60.9 Å². The van der Waals surface area contributed by atoms with Gasteiger partial charge in [-0.05, 0) is 18.8 Å². The normalized spacial score (nSPS) is 22.3. The molecule has 1 saturated carbocycles. The maximum Gasteiger partial charge on any atom is 0.320 e. The van der Waals surface area contributed by atoms with E-state index in [4.69, 9.17) is 0 Å². The van der Waals surface area contributed by atoms with Crippen LogP contribution in [0.25, 0.3) is 0 Å². The Balaban J connectivity index is 1.97. The van der Waals surface area contributed by atoms with E-state index in [2.05, 4.69) is 13.2 Å². The van der Waals surface area contributed by atoms with Crippen LogP contribution in [0.1, 0.15) is 25.7 Å². The van der Waals surface area contributed by atoms with Gasteiger partial charge in [-0.1, -0.05) is 12.2 Å². The van der Waals surface area contributed by atoms with Crippen LogP contribution in [0.4, 0.5) is 13.6 Å². The molecule has 2 fully saturated rings. The molecule has 0 radical (unpaired) electrons. The second-order valence-corrected chi connectivity index (χ2v) is 6.70. The van der Waals surface area contributed by atoms with Gasteiger partial charge in [-0.3, -0.25) is 4.79 Å². The Morgan fingerprint density at radius 3 is 2.04 bits per heavy atom. The van der Waals surface area contributed by atoms with E-state index < -0.39 is 30.1 Å². The predicted molar refractivity (Wildman–Crippen MR) is 85.9 cm³/mol. The molecule has 0 spiro atoms. The predicted octanol–water partition coefficient (Wildman–Crippen LogP) is 2.99. The van der Waals surface area contributed by atoms with Gasteiger partial charge < -0.3 is 14.9 Å². The van der Waals surface area contributed by atoms with Gasteiger partial charge >= 0.3 is 12.0 Å². The van der Waals surface area contributed by atoms with Crippen molar-refractivity contribution in [1.29, 1.82) is 0 Å². The summed E-state index contributed by atoms with van der Waals surface area (Å²) in [5.41, 5.74) is -1.33. The number of urea groups is 1. The zero-order chi connectivity index (χ0) is 18.0. The lowest BCUT2D eigenvalue weighted by atomic mass is 9.57. The van der Waals surface area contributed by atoms with E-state index in [9.17, 15) is 23.5 Å². The fourth-order valence-corrected chi connectivity index (χ4v) is 3.85. The summed E-state index contributed by atoms with van der Waals surface area (Å²) >= 11 is 0. The molecule has 1 aliphatic heterocycles. The smallest absolute Gasteiger partial charge is 0.320 e. The number of halogens is 2. The third kappa shape index (κ3) is 3.44. The monoisotopic (exact) mass is 342 g/mol. The van der Waals surface area contributed by atoms with E-state index in [1.54, 1.807) is 22.0 Å². The molecule has 2 aliphatic rings. The van der Waals surface area contributed by atoms with Crippen molar-refractivity contribution in [3.05, 3.63) is 25.3 Å². The molecule has 0 aromatic carbocycles. The Labute approximate surface area is 140 Å². The second-order valence-electron chi connectivity index (χ2n) is 6.70. The minimum absolute atomic E-state index is 0.156. The molecule has 0 bridgehead atoms. The van der Waals surface area contributed by atoms with Crippen molar-refractivity contribution in [3.8, 4) is 0 Å². The number of nitrogens with zero attached hydrogens (tertiary/aromatic N) is 2. The van der Waals surface area contributed by atoms with Crippen LogP contribution in [0.3, 0.4) is 0 Å². The summed E-state index contributed by atoms with van der Waals surface area (Å²) in [4.78, 5) is 27.3. The Bertz CT molecular complexity index is 510. The van der Waals surface area contributed by atoms with Crippen molar-refractivity contribution in [1.82, 2.24) is 9.80 Å². The maximum atomic E-state index is 13.3. The molecule has 1 saturated heterocycles. The van der Waals surface area contributed by atoms with Crippen LogP contribution < -0.4 is 0 Å². The van der Waals surface area contributed by atoms with Crippen LogP contribution in [-0.2, 0) is 4.79 Å². The lowest BCUT2D eigenvalue weighted by molar-refractivity contribution is -0.210. The standard InChI is InChI=1S/C17H24F2N2O3/c1-3-7-20(8-4-2)15(24)21-9-5-13(6-10-21)16(14(22)23)11-17(18,19)12-16/h3-4,13H,1-2,5-12H2,(H,22,23). The minimum atomic E-state index is -2.88. The molecule has 0 unspecified atom stereocenters. The number of carbonyl (C=O) groups excluding carboxylic acids is 1. The Kier molecular flexibility index (Phi) is 5.30. The number of carboxylic acid groups (broad SMARTS) is 1. The third-order valence-electron chi connectivity index (χ3n) is 5.09. The van der Waals surface area contributed by atoms with Crippen molar-refractivity contribution in [2.24, 2.45) is 11.3 Å². The highest BCUT2D eigenvalue weighted by Crippen LogP contribution is 2.58. The van der Waals surface area contributed by atoms with Gasteiger partial charge in [-0.2, -0.15) is 0 Å². The summed E-state index contributed by atoms with van der Waals surface area (Å²) in [6.07, 6.45) is 2.95. The minimum Gasteiger partial charge on any atom is -0.481 e. The SMILES string of the molecule is C=CCN(CC=C)C(=O)N1CCC(C2(C(=O)O)CC(F)(F)C2)CC1. The van der Waals surface area contributed by atoms with Crippen molar-refractivity contribution >= 4 is 12.0 Å². The molecular weight excluding hydrogens is 318 g/mol. The molecule has 24 heavy (non-hydrogen) atoms. The summed E-state index contributed by atoms with van der Waals surface area (Å²) in [6.45, 7) is 8.81. The summed E-state index contributed by atoms with van der Waals surface area (Å²) in [5, 5.41) is 9.43.